The molecule has 0 aliphatic heterocycles. The van der Waals surface area contributed by atoms with Crippen LogP contribution < -0.4 is 0 Å². The van der Waals surface area contributed by atoms with E-state index >= 15 is 0 Å². The zero-order chi connectivity index (χ0) is 39.6. The molecule has 0 radical (unpaired) electrons. The van der Waals surface area contributed by atoms with E-state index in [9.17, 15) is 4.79 Å². The standard InChI is InChI=1S/C41H82O14/c1-3-5-7-9-10-11-13-15-41(42)55-40-39-54-38-37-53-36-35-52-34-33-51-32-31-50-30-29-49-28-27-48-26-25-47-24-23-46-22-21-45-20-19-44-18-17-43-16-14-12-8-6-4-2/h3-40H2,1-2H3. The van der Waals surface area contributed by atoms with Crippen molar-refractivity contribution in [3.05, 3.63) is 0 Å². The summed E-state index contributed by atoms with van der Waals surface area (Å²) in [6, 6.07) is 0. The fraction of sp³-hybridized carbons (Fsp3) is 0.976. The van der Waals surface area contributed by atoms with Crippen molar-refractivity contribution in [2.24, 2.45) is 0 Å². The molecule has 0 atom stereocenters. The first kappa shape index (κ1) is 54.0. The van der Waals surface area contributed by atoms with Crippen LogP contribution in [0.25, 0.3) is 0 Å². The molecule has 0 unspecified atom stereocenters. The van der Waals surface area contributed by atoms with E-state index in [0.717, 1.165) is 25.9 Å². The minimum atomic E-state index is -0.140. The Labute approximate surface area is 334 Å². The van der Waals surface area contributed by atoms with Crippen molar-refractivity contribution in [3.63, 3.8) is 0 Å². The predicted octanol–water partition coefficient (Wildman–Crippen LogP) is 5.84. The molecule has 0 fully saturated rings. The van der Waals surface area contributed by atoms with Gasteiger partial charge in [-0.1, -0.05) is 78.1 Å². The molecule has 0 N–H and O–H groups in total. The first-order chi connectivity index (χ1) is 27.3. The van der Waals surface area contributed by atoms with Crippen molar-refractivity contribution in [2.45, 2.75) is 97.3 Å². The molecule has 0 aliphatic carbocycles. The van der Waals surface area contributed by atoms with Gasteiger partial charge in [0.2, 0.25) is 0 Å². The van der Waals surface area contributed by atoms with Crippen LogP contribution >= 0.6 is 0 Å². The summed E-state index contributed by atoms with van der Waals surface area (Å²) in [5, 5.41) is 0. The lowest BCUT2D eigenvalue weighted by Crippen LogP contribution is -2.15. The Morgan fingerprint density at radius 2 is 0.473 bits per heavy atom. The van der Waals surface area contributed by atoms with E-state index in [4.69, 9.17) is 61.6 Å². The Balaban J connectivity index is 3.09. The molecular weight excluding hydrogens is 716 g/mol. The summed E-state index contributed by atoms with van der Waals surface area (Å²) in [6.07, 6.45) is 15.1. The summed E-state index contributed by atoms with van der Waals surface area (Å²) in [5.74, 6) is -0.140. The van der Waals surface area contributed by atoms with Crippen LogP contribution in [-0.2, 0) is 66.4 Å². The first-order valence-electron chi connectivity index (χ1n) is 21.4. The maximum absolute atomic E-state index is 11.7. The number of unbranched alkanes of at least 4 members (excludes halogenated alkanes) is 10. The number of hydrogen-bond acceptors (Lipinski definition) is 14. The quantitative estimate of drug-likeness (QED) is 0.0539. The Morgan fingerprint density at radius 1 is 0.255 bits per heavy atom. The van der Waals surface area contributed by atoms with E-state index in [1.54, 1.807) is 0 Å². The molecule has 0 aliphatic rings. The van der Waals surface area contributed by atoms with Gasteiger partial charge in [0, 0.05) is 13.0 Å². The van der Waals surface area contributed by atoms with Crippen molar-refractivity contribution in [1.29, 1.82) is 0 Å². The monoisotopic (exact) mass is 799 g/mol. The molecule has 0 spiro atoms. The van der Waals surface area contributed by atoms with Gasteiger partial charge in [-0.25, -0.2) is 0 Å². The van der Waals surface area contributed by atoms with Crippen LogP contribution in [0, 0.1) is 0 Å². The van der Waals surface area contributed by atoms with Crippen molar-refractivity contribution in [1.82, 2.24) is 0 Å². The second kappa shape index (κ2) is 51.0. The molecule has 0 bridgehead atoms. The van der Waals surface area contributed by atoms with Crippen molar-refractivity contribution >= 4 is 5.97 Å². The lowest BCUT2D eigenvalue weighted by Gasteiger charge is -2.09. The lowest BCUT2D eigenvalue weighted by atomic mass is 10.1. The SMILES string of the molecule is CCCCCCCCCC(=O)OCCOCCOCCOCCOCCOCCOCCOCCOCCOCCOCCOCCOCCCCCCC. The normalized spacial score (nSPS) is 11.5. The second-order valence-electron chi connectivity index (χ2n) is 12.9. The third kappa shape index (κ3) is 51.0. The van der Waals surface area contributed by atoms with Crippen LogP contribution in [-0.4, -0.2) is 171 Å². The smallest absolute Gasteiger partial charge is 0.305 e. The Hall–Kier alpha value is -1.01. The summed E-state index contributed by atoms with van der Waals surface area (Å²) in [5.41, 5.74) is 0. The molecular formula is C41H82O14. The van der Waals surface area contributed by atoms with Gasteiger partial charge in [-0.05, 0) is 12.8 Å². The predicted molar refractivity (Wildman–Crippen MR) is 212 cm³/mol. The van der Waals surface area contributed by atoms with Crippen LogP contribution in [0.3, 0.4) is 0 Å². The van der Waals surface area contributed by atoms with Gasteiger partial charge in [0.05, 0.1) is 152 Å². The van der Waals surface area contributed by atoms with Crippen LogP contribution in [0.5, 0.6) is 0 Å². The van der Waals surface area contributed by atoms with Crippen LogP contribution in [0.1, 0.15) is 97.3 Å². The average Bonchev–Trinajstić information content (AvgIpc) is 3.19. The highest BCUT2D eigenvalue weighted by atomic mass is 16.6. The summed E-state index contributed by atoms with van der Waals surface area (Å²) in [6.45, 7) is 17.3. The number of hydrogen-bond donors (Lipinski definition) is 0. The highest BCUT2D eigenvalue weighted by Crippen LogP contribution is 2.09. The van der Waals surface area contributed by atoms with Gasteiger partial charge in [-0.15, -0.1) is 0 Å². The van der Waals surface area contributed by atoms with Crippen molar-refractivity contribution in [2.75, 3.05) is 165 Å². The third-order valence-corrected chi connectivity index (χ3v) is 7.96. The highest BCUT2D eigenvalue weighted by molar-refractivity contribution is 5.69. The van der Waals surface area contributed by atoms with E-state index in [1.165, 1.54) is 57.8 Å². The van der Waals surface area contributed by atoms with Gasteiger partial charge in [0.15, 0.2) is 0 Å². The minimum absolute atomic E-state index is 0.140. The molecule has 0 aromatic rings. The summed E-state index contributed by atoms with van der Waals surface area (Å²) in [7, 11) is 0. The minimum Gasteiger partial charge on any atom is -0.463 e. The topological polar surface area (TPSA) is 137 Å². The second-order valence-corrected chi connectivity index (χ2v) is 12.9. The Morgan fingerprint density at radius 3 is 0.764 bits per heavy atom. The van der Waals surface area contributed by atoms with Crippen LogP contribution in [0.15, 0.2) is 0 Å². The molecule has 0 aromatic carbocycles. The van der Waals surface area contributed by atoms with E-state index < -0.39 is 0 Å². The van der Waals surface area contributed by atoms with Gasteiger partial charge < -0.3 is 61.6 Å². The van der Waals surface area contributed by atoms with Gasteiger partial charge in [-0.3, -0.25) is 4.79 Å². The zero-order valence-corrected chi connectivity index (χ0v) is 35.1. The number of ether oxygens (including phenoxy) is 13. The van der Waals surface area contributed by atoms with Gasteiger partial charge in [0.25, 0.3) is 0 Å². The Bertz CT molecular complexity index is 706. The number of rotatable bonds is 50. The number of esters is 1. The first-order valence-corrected chi connectivity index (χ1v) is 21.4. The van der Waals surface area contributed by atoms with E-state index in [1.807, 2.05) is 0 Å². The molecule has 14 heteroatoms. The van der Waals surface area contributed by atoms with Crippen LogP contribution in [0.2, 0.25) is 0 Å². The van der Waals surface area contributed by atoms with Crippen molar-refractivity contribution < 1.29 is 66.4 Å². The largest absolute Gasteiger partial charge is 0.463 e. The fourth-order valence-corrected chi connectivity index (χ4v) is 4.84. The molecule has 14 nitrogen and oxygen atoms in total. The zero-order valence-electron chi connectivity index (χ0n) is 35.1. The summed E-state index contributed by atoms with van der Waals surface area (Å²) < 4.78 is 71.2. The maximum Gasteiger partial charge on any atom is 0.305 e. The molecule has 0 heterocycles. The molecule has 0 saturated heterocycles. The van der Waals surface area contributed by atoms with Gasteiger partial charge in [-0.2, -0.15) is 0 Å². The molecule has 0 rings (SSSR count). The van der Waals surface area contributed by atoms with Gasteiger partial charge >= 0.3 is 5.97 Å². The molecule has 0 saturated carbocycles. The Kier molecular flexibility index (Phi) is 50.1. The van der Waals surface area contributed by atoms with Crippen LogP contribution in [0.4, 0.5) is 0 Å². The van der Waals surface area contributed by atoms with Gasteiger partial charge in [0.1, 0.15) is 6.61 Å². The third-order valence-electron chi connectivity index (χ3n) is 7.96. The van der Waals surface area contributed by atoms with Crippen molar-refractivity contribution in [3.8, 4) is 0 Å². The molecule has 0 aromatic heterocycles. The van der Waals surface area contributed by atoms with E-state index in [-0.39, 0.29) is 12.6 Å². The maximum atomic E-state index is 11.7. The fourth-order valence-electron chi connectivity index (χ4n) is 4.84. The number of carbonyl (C=O) groups is 1. The lowest BCUT2D eigenvalue weighted by molar-refractivity contribution is -0.145. The molecule has 330 valence electrons. The molecule has 55 heavy (non-hydrogen) atoms. The van der Waals surface area contributed by atoms with E-state index in [2.05, 4.69) is 13.8 Å². The highest BCUT2D eigenvalue weighted by Gasteiger charge is 2.03. The number of carbonyl (C=O) groups excluding carboxylic acids is 1. The molecule has 0 amide bonds. The summed E-state index contributed by atoms with van der Waals surface area (Å²) >= 11 is 0. The van der Waals surface area contributed by atoms with E-state index in [0.29, 0.717) is 158 Å². The average molecular weight is 799 g/mol. The summed E-state index contributed by atoms with van der Waals surface area (Å²) in [4.78, 5) is 11.7.